The van der Waals surface area contributed by atoms with Crippen molar-refractivity contribution in [2.24, 2.45) is 5.92 Å². The number of rotatable bonds is 5. The van der Waals surface area contributed by atoms with Gasteiger partial charge in [0.25, 0.3) is 0 Å². The van der Waals surface area contributed by atoms with Crippen molar-refractivity contribution in [2.45, 2.75) is 33.1 Å². The van der Waals surface area contributed by atoms with E-state index in [-0.39, 0.29) is 11.9 Å². The molecule has 0 amide bonds. The first-order valence-corrected chi connectivity index (χ1v) is 4.36. The van der Waals surface area contributed by atoms with E-state index in [1.54, 1.807) is 0 Å². The minimum Gasteiger partial charge on any atom is -0.465 e. The van der Waals surface area contributed by atoms with Crippen LogP contribution in [0.5, 0.6) is 0 Å². The van der Waals surface area contributed by atoms with Crippen molar-refractivity contribution in [3.05, 3.63) is 0 Å². The quantitative estimate of drug-likeness (QED) is 0.463. The Morgan fingerprint density at radius 3 is 2.67 bits per heavy atom. The lowest BCUT2D eigenvalue weighted by Gasteiger charge is -2.10. The van der Waals surface area contributed by atoms with E-state index in [4.69, 9.17) is 11.2 Å². The topological polar surface area (TPSA) is 26.3 Å². The van der Waals surface area contributed by atoms with Gasteiger partial charge in [-0.25, -0.2) is 0 Å². The monoisotopic (exact) mass is 168 g/mol. The molecule has 0 saturated heterocycles. The van der Waals surface area contributed by atoms with Crippen LogP contribution in [0.3, 0.4) is 0 Å². The molecule has 0 radical (unpaired) electrons. The Morgan fingerprint density at radius 2 is 2.25 bits per heavy atom. The highest BCUT2D eigenvalue weighted by Gasteiger charge is 2.15. The van der Waals surface area contributed by atoms with Crippen LogP contribution < -0.4 is 0 Å². The number of carbonyl (C=O) groups excluding carboxylic acids is 1. The summed E-state index contributed by atoms with van der Waals surface area (Å²) in [5, 5.41) is 0. The summed E-state index contributed by atoms with van der Waals surface area (Å²) in [5.74, 6) is 2.21. The molecule has 0 aromatic rings. The highest BCUT2D eigenvalue weighted by molar-refractivity contribution is 5.72. The first-order valence-electron chi connectivity index (χ1n) is 4.36. The molecule has 0 heterocycles. The Kier molecular flexibility index (Phi) is 6.18. The predicted octanol–water partition coefficient (Wildman–Crippen LogP) is 1.99. The molecular formula is C10H16O2. The third kappa shape index (κ3) is 4.02. The van der Waals surface area contributed by atoms with Crippen molar-refractivity contribution in [1.82, 2.24) is 0 Å². The predicted molar refractivity (Wildman–Crippen MR) is 48.5 cm³/mol. The van der Waals surface area contributed by atoms with E-state index in [1.807, 2.05) is 13.8 Å². The van der Waals surface area contributed by atoms with Gasteiger partial charge >= 0.3 is 5.97 Å². The first-order chi connectivity index (χ1) is 5.76. The lowest BCUT2D eigenvalue weighted by Crippen LogP contribution is -2.16. The van der Waals surface area contributed by atoms with E-state index < -0.39 is 0 Å². The van der Waals surface area contributed by atoms with Gasteiger partial charge in [0, 0.05) is 6.42 Å². The van der Waals surface area contributed by atoms with Crippen LogP contribution >= 0.6 is 0 Å². The number of esters is 1. The largest absolute Gasteiger partial charge is 0.465 e. The maximum absolute atomic E-state index is 11.2. The zero-order valence-corrected chi connectivity index (χ0v) is 7.80. The molecule has 0 aliphatic rings. The number of hydrogen-bond acceptors (Lipinski definition) is 2. The molecule has 0 aliphatic carbocycles. The van der Waals surface area contributed by atoms with Gasteiger partial charge in [-0.3, -0.25) is 4.79 Å². The molecule has 2 nitrogen and oxygen atoms in total. The fourth-order valence-electron chi connectivity index (χ4n) is 0.857. The summed E-state index contributed by atoms with van der Waals surface area (Å²) in [7, 11) is 0. The summed E-state index contributed by atoms with van der Waals surface area (Å²) in [6.07, 6.45) is 7.21. The van der Waals surface area contributed by atoms with Gasteiger partial charge in [-0.15, -0.1) is 12.3 Å². The summed E-state index contributed by atoms with van der Waals surface area (Å²) < 4.78 is 4.96. The highest BCUT2D eigenvalue weighted by Crippen LogP contribution is 2.09. The fraction of sp³-hybridized carbons (Fsp3) is 0.700. The summed E-state index contributed by atoms with van der Waals surface area (Å²) >= 11 is 0. The van der Waals surface area contributed by atoms with Gasteiger partial charge in [-0.2, -0.15) is 0 Å². The second kappa shape index (κ2) is 6.72. The van der Waals surface area contributed by atoms with E-state index in [2.05, 4.69) is 5.92 Å². The molecule has 0 aromatic heterocycles. The molecule has 0 rings (SSSR count). The lowest BCUT2D eigenvalue weighted by molar-refractivity contribution is -0.148. The number of carbonyl (C=O) groups is 1. The minimum atomic E-state index is -0.155. The van der Waals surface area contributed by atoms with Crippen LogP contribution in [0.2, 0.25) is 0 Å². The molecule has 1 atom stereocenters. The van der Waals surface area contributed by atoms with Crippen molar-refractivity contribution < 1.29 is 9.53 Å². The molecule has 0 aliphatic heterocycles. The molecule has 12 heavy (non-hydrogen) atoms. The van der Waals surface area contributed by atoms with Gasteiger partial charge in [0.1, 0.15) is 0 Å². The first kappa shape index (κ1) is 11.0. The average molecular weight is 168 g/mol. The SMILES string of the molecule is C#CCC(CC)C(=O)OCCC. The molecule has 2 heteroatoms. The van der Waals surface area contributed by atoms with E-state index in [0.717, 1.165) is 12.8 Å². The van der Waals surface area contributed by atoms with Gasteiger partial charge in [-0.05, 0) is 12.8 Å². The van der Waals surface area contributed by atoms with Crippen molar-refractivity contribution in [3.8, 4) is 12.3 Å². The van der Waals surface area contributed by atoms with Crippen LogP contribution in [0.25, 0.3) is 0 Å². The van der Waals surface area contributed by atoms with Crippen LogP contribution in [0, 0.1) is 18.3 Å². The molecule has 1 unspecified atom stereocenters. The molecule has 0 saturated carbocycles. The molecular weight excluding hydrogens is 152 g/mol. The van der Waals surface area contributed by atoms with Crippen molar-refractivity contribution in [2.75, 3.05) is 6.61 Å². The smallest absolute Gasteiger partial charge is 0.309 e. The summed E-state index contributed by atoms with van der Waals surface area (Å²) in [4.78, 5) is 11.2. The highest BCUT2D eigenvalue weighted by atomic mass is 16.5. The van der Waals surface area contributed by atoms with Crippen molar-refractivity contribution in [1.29, 1.82) is 0 Å². The van der Waals surface area contributed by atoms with Crippen LogP contribution in [-0.4, -0.2) is 12.6 Å². The van der Waals surface area contributed by atoms with Gasteiger partial charge in [0.15, 0.2) is 0 Å². The Morgan fingerprint density at radius 1 is 1.58 bits per heavy atom. The van der Waals surface area contributed by atoms with Gasteiger partial charge in [0.05, 0.1) is 12.5 Å². The summed E-state index contributed by atoms with van der Waals surface area (Å²) in [5.41, 5.74) is 0. The zero-order valence-electron chi connectivity index (χ0n) is 7.80. The average Bonchev–Trinajstić information content (AvgIpc) is 2.10. The van der Waals surface area contributed by atoms with E-state index in [9.17, 15) is 4.79 Å². The second-order valence-electron chi connectivity index (χ2n) is 2.68. The van der Waals surface area contributed by atoms with E-state index in [0.29, 0.717) is 13.0 Å². The Hall–Kier alpha value is -0.970. The molecule has 0 N–H and O–H groups in total. The molecule has 0 fully saturated rings. The maximum atomic E-state index is 11.2. The maximum Gasteiger partial charge on any atom is 0.309 e. The van der Waals surface area contributed by atoms with Gasteiger partial charge in [0.2, 0.25) is 0 Å². The zero-order chi connectivity index (χ0) is 9.40. The molecule has 68 valence electrons. The molecule has 0 spiro atoms. The molecule has 0 aromatic carbocycles. The van der Waals surface area contributed by atoms with Crippen LogP contribution in [-0.2, 0) is 9.53 Å². The fourth-order valence-corrected chi connectivity index (χ4v) is 0.857. The van der Waals surface area contributed by atoms with E-state index >= 15 is 0 Å². The Labute approximate surface area is 74.3 Å². The minimum absolute atomic E-state index is 0.110. The normalized spacial score (nSPS) is 11.8. The van der Waals surface area contributed by atoms with Crippen molar-refractivity contribution >= 4 is 5.97 Å². The Bertz CT molecular complexity index is 167. The van der Waals surface area contributed by atoms with Crippen LogP contribution in [0.15, 0.2) is 0 Å². The van der Waals surface area contributed by atoms with Crippen LogP contribution in [0.1, 0.15) is 33.1 Å². The lowest BCUT2D eigenvalue weighted by atomic mass is 10.0. The molecule has 0 bridgehead atoms. The number of terminal acetylenes is 1. The summed E-state index contributed by atoms with van der Waals surface area (Å²) in [6.45, 7) is 4.41. The van der Waals surface area contributed by atoms with Gasteiger partial charge in [-0.1, -0.05) is 13.8 Å². The standard InChI is InChI=1S/C10H16O2/c1-4-7-9(6-3)10(11)12-8-5-2/h1,9H,5-8H2,2-3H3. The summed E-state index contributed by atoms with van der Waals surface area (Å²) in [6, 6.07) is 0. The van der Waals surface area contributed by atoms with Crippen molar-refractivity contribution in [3.63, 3.8) is 0 Å². The van der Waals surface area contributed by atoms with Gasteiger partial charge < -0.3 is 4.74 Å². The Balaban J connectivity index is 3.79. The third-order valence-electron chi connectivity index (χ3n) is 1.64. The third-order valence-corrected chi connectivity index (χ3v) is 1.64. The number of hydrogen-bond donors (Lipinski definition) is 0. The second-order valence-corrected chi connectivity index (χ2v) is 2.68. The van der Waals surface area contributed by atoms with Crippen LogP contribution in [0.4, 0.5) is 0 Å². The van der Waals surface area contributed by atoms with E-state index in [1.165, 1.54) is 0 Å². The number of ether oxygens (including phenoxy) is 1.